The van der Waals surface area contributed by atoms with Crippen molar-refractivity contribution in [3.63, 3.8) is 0 Å². The van der Waals surface area contributed by atoms with Crippen LogP contribution in [0.4, 0.5) is 13.2 Å². The summed E-state index contributed by atoms with van der Waals surface area (Å²) in [5.41, 5.74) is 0. The van der Waals surface area contributed by atoms with Crippen molar-refractivity contribution in [1.82, 2.24) is 0 Å². The summed E-state index contributed by atoms with van der Waals surface area (Å²) >= 11 is 0. The molecule has 0 aromatic heterocycles. The fourth-order valence-electron chi connectivity index (χ4n) is 3.46. The highest BCUT2D eigenvalue weighted by Crippen LogP contribution is 2.42. The van der Waals surface area contributed by atoms with Crippen LogP contribution in [-0.4, -0.2) is 23.3 Å². The number of benzene rings is 1. The van der Waals surface area contributed by atoms with E-state index in [0.717, 1.165) is 10.5 Å². The molecule has 1 aromatic carbocycles. The summed E-state index contributed by atoms with van der Waals surface area (Å²) in [5, 5.41) is 1.58. The van der Waals surface area contributed by atoms with E-state index in [4.69, 9.17) is 4.74 Å². The SMILES string of the molecule is FC(F)(F)COc1ccc([S+]2C3CCCC2CCC3)cc1. The predicted molar refractivity (Wildman–Crippen MR) is 78.9 cm³/mol. The Bertz CT molecular complexity index is 449. The Morgan fingerprint density at radius 1 is 0.952 bits per heavy atom. The monoisotopic (exact) mass is 317 g/mol. The molecule has 0 saturated carbocycles. The zero-order chi connectivity index (χ0) is 14.9. The first-order valence-electron chi connectivity index (χ1n) is 7.54. The molecule has 21 heavy (non-hydrogen) atoms. The Labute approximate surface area is 126 Å². The molecule has 0 atom stereocenters. The van der Waals surface area contributed by atoms with E-state index in [0.29, 0.717) is 5.75 Å². The van der Waals surface area contributed by atoms with Crippen LogP contribution in [0.3, 0.4) is 0 Å². The van der Waals surface area contributed by atoms with Gasteiger partial charge in [0.1, 0.15) is 16.2 Å². The molecule has 2 heterocycles. The van der Waals surface area contributed by atoms with Crippen LogP contribution in [0.5, 0.6) is 5.75 Å². The van der Waals surface area contributed by atoms with Gasteiger partial charge in [-0.2, -0.15) is 13.2 Å². The van der Waals surface area contributed by atoms with Gasteiger partial charge in [-0.1, -0.05) is 0 Å². The van der Waals surface area contributed by atoms with Gasteiger partial charge in [0, 0.05) is 10.9 Å². The fraction of sp³-hybridized carbons (Fsp3) is 0.625. The smallest absolute Gasteiger partial charge is 0.422 e. The minimum absolute atomic E-state index is 0.289. The maximum atomic E-state index is 12.1. The average Bonchev–Trinajstić information content (AvgIpc) is 2.44. The van der Waals surface area contributed by atoms with Crippen LogP contribution in [0.1, 0.15) is 38.5 Å². The molecule has 1 nitrogen and oxygen atoms in total. The highest BCUT2D eigenvalue weighted by Gasteiger charge is 2.45. The van der Waals surface area contributed by atoms with Gasteiger partial charge in [-0.05, 0) is 62.8 Å². The van der Waals surface area contributed by atoms with Gasteiger partial charge in [-0.25, -0.2) is 0 Å². The minimum Gasteiger partial charge on any atom is -0.484 e. The highest BCUT2D eigenvalue weighted by atomic mass is 32.2. The van der Waals surface area contributed by atoms with Crippen molar-refractivity contribution in [2.75, 3.05) is 6.61 Å². The third kappa shape index (κ3) is 3.68. The number of halogens is 3. The van der Waals surface area contributed by atoms with Crippen molar-refractivity contribution in [2.24, 2.45) is 0 Å². The van der Waals surface area contributed by atoms with E-state index in [1.54, 1.807) is 12.1 Å². The zero-order valence-corrected chi connectivity index (χ0v) is 12.7. The summed E-state index contributed by atoms with van der Waals surface area (Å²) in [5.74, 6) is 0.307. The summed E-state index contributed by atoms with van der Waals surface area (Å²) in [6.45, 7) is -1.22. The van der Waals surface area contributed by atoms with Gasteiger partial charge in [0.05, 0.1) is 0 Å². The number of alkyl halides is 3. The molecule has 2 aliphatic rings. The molecule has 5 heteroatoms. The first kappa shape index (κ1) is 15.1. The molecule has 2 aliphatic heterocycles. The van der Waals surface area contributed by atoms with Gasteiger partial charge in [-0.15, -0.1) is 0 Å². The van der Waals surface area contributed by atoms with Crippen molar-refractivity contribution in [3.8, 4) is 5.75 Å². The Morgan fingerprint density at radius 2 is 1.48 bits per heavy atom. The lowest BCUT2D eigenvalue weighted by Crippen LogP contribution is -2.40. The molecule has 2 saturated heterocycles. The number of fused-ring (bicyclic) bond motifs is 2. The molecule has 0 aliphatic carbocycles. The molecule has 3 rings (SSSR count). The third-order valence-electron chi connectivity index (χ3n) is 4.32. The Morgan fingerprint density at radius 3 is 1.95 bits per heavy atom. The summed E-state index contributed by atoms with van der Waals surface area (Å²) in [4.78, 5) is 1.31. The van der Waals surface area contributed by atoms with Gasteiger partial charge in [0.15, 0.2) is 11.5 Å². The molecule has 0 radical (unpaired) electrons. The van der Waals surface area contributed by atoms with E-state index in [-0.39, 0.29) is 10.9 Å². The van der Waals surface area contributed by atoms with Crippen LogP contribution in [0.25, 0.3) is 0 Å². The third-order valence-corrected chi connectivity index (χ3v) is 7.52. The fourth-order valence-corrected chi connectivity index (χ4v) is 6.91. The Balaban J connectivity index is 1.69. The van der Waals surface area contributed by atoms with Crippen LogP contribution in [-0.2, 0) is 10.9 Å². The van der Waals surface area contributed by atoms with E-state index < -0.39 is 12.8 Å². The Kier molecular flexibility index (Phi) is 4.38. The van der Waals surface area contributed by atoms with Crippen LogP contribution in [0.15, 0.2) is 29.2 Å². The average molecular weight is 317 g/mol. The number of hydrogen-bond donors (Lipinski definition) is 0. The van der Waals surface area contributed by atoms with Gasteiger partial charge in [0.25, 0.3) is 0 Å². The minimum atomic E-state index is -4.28. The van der Waals surface area contributed by atoms with E-state index in [1.165, 1.54) is 43.4 Å². The van der Waals surface area contributed by atoms with Gasteiger partial charge >= 0.3 is 6.18 Å². The number of ether oxygens (including phenoxy) is 1. The van der Waals surface area contributed by atoms with Crippen molar-refractivity contribution in [3.05, 3.63) is 24.3 Å². The maximum absolute atomic E-state index is 12.1. The lowest BCUT2D eigenvalue weighted by atomic mass is 9.99. The van der Waals surface area contributed by atoms with Crippen molar-refractivity contribution in [1.29, 1.82) is 0 Å². The van der Waals surface area contributed by atoms with Crippen molar-refractivity contribution < 1.29 is 17.9 Å². The number of rotatable bonds is 3. The normalized spacial score (nSPS) is 29.2. The molecular weight excluding hydrogens is 297 g/mol. The molecule has 0 spiro atoms. The van der Waals surface area contributed by atoms with Crippen LogP contribution < -0.4 is 4.74 Å². The topological polar surface area (TPSA) is 9.23 Å². The van der Waals surface area contributed by atoms with Crippen molar-refractivity contribution >= 4 is 10.9 Å². The van der Waals surface area contributed by atoms with E-state index >= 15 is 0 Å². The summed E-state index contributed by atoms with van der Waals surface area (Å²) < 4.78 is 41.2. The first-order chi connectivity index (χ1) is 10.0. The van der Waals surface area contributed by atoms with Crippen LogP contribution >= 0.6 is 0 Å². The van der Waals surface area contributed by atoms with Crippen LogP contribution in [0.2, 0.25) is 0 Å². The molecule has 0 N–H and O–H groups in total. The van der Waals surface area contributed by atoms with Crippen LogP contribution in [0, 0.1) is 0 Å². The molecule has 2 bridgehead atoms. The lowest BCUT2D eigenvalue weighted by molar-refractivity contribution is -0.153. The van der Waals surface area contributed by atoms with Gasteiger partial charge in [-0.3, -0.25) is 0 Å². The molecule has 0 unspecified atom stereocenters. The van der Waals surface area contributed by atoms with Gasteiger partial charge < -0.3 is 4.74 Å². The largest absolute Gasteiger partial charge is 0.484 e. The number of hydrogen-bond acceptors (Lipinski definition) is 1. The summed E-state index contributed by atoms with van der Waals surface area (Å²) in [7, 11) is 0.289. The second-order valence-electron chi connectivity index (χ2n) is 5.85. The van der Waals surface area contributed by atoms with E-state index in [2.05, 4.69) is 0 Å². The molecule has 116 valence electrons. The lowest BCUT2D eigenvalue weighted by Gasteiger charge is -2.34. The summed E-state index contributed by atoms with van der Waals surface area (Å²) in [6.07, 6.45) is 3.65. The molecule has 0 amide bonds. The summed E-state index contributed by atoms with van der Waals surface area (Å²) in [6, 6.07) is 7.34. The highest BCUT2D eigenvalue weighted by molar-refractivity contribution is 7.98. The van der Waals surface area contributed by atoms with E-state index in [9.17, 15) is 13.2 Å². The second kappa shape index (κ2) is 6.11. The molecule has 2 fully saturated rings. The first-order valence-corrected chi connectivity index (χ1v) is 8.89. The quantitative estimate of drug-likeness (QED) is 0.734. The van der Waals surface area contributed by atoms with Crippen molar-refractivity contribution in [2.45, 2.75) is 60.1 Å². The molecular formula is C16H20F3OS+. The standard InChI is InChI=1S/C16H20F3OS/c17-16(18,19)11-20-12-7-9-15(10-8-12)21-13-3-1-4-14(21)6-2-5-13/h7-10,13-14H,1-6,11H2/q+1. The van der Waals surface area contributed by atoms with E-state index in [1.807, 2.05) is 12.1 Å². The zero-order valence-electron chi connectivity index (χ0n) is 11.9. The molecule has 1 aromatic rings. The van der Waals surface area contributed by atoms with Gasteiger partial charge in [0.2, 0.25) is 0 Å². The maximum Gasteiger partial charge on any atom is 0.422 e. The Hall–Kier alpha value is -0.840. The second-order valence-corrected chi connectivity index (χ2v) is 8.40. The predicted octanol–water partition coefficient (Wildman–Crippen LogP) is 4.71.